The van der Waals surface area contributed by atoms with E-state index in [1.165, 1.54) is 0 Å². The molecule has 1 atom stereocenters. The third-order valence-electron chi connectivity index (χ3n) is 5.07. The standard InChI is InChI=1S/C22H21ClN4O/c23-19-5-1-3-17(12-19)20-13-25-14-21(26-20)18-4-2-10-27(15-18)22(28)11-16-6-8-24-9-7-16/h1,3,5-9,12-14,18H,2,4,10-11,15H2. The van der Waals surface area contributed by atoms with Gasteiger partial charge in [-0.1, -0.05) is 23.7 Å². The van der Waals surface area contributed by atoms with Gasteiger partial charge in [0, 0.05) is 48.2 Å². The second-order valence-corrected chi connectivity index (χ2v) is 7.49. The van der Waals surface area contributed by atoms with Gasteiger partial charge >= 0.3 is 0 Å². The van der Waals surface area contributed by atoms with Crippen LogP contribution >= 0.6 is 11.6 Å². The van der Waals surface area contributed by atoms with E-state index in [1.807, 2.05) is 47.5 Å². The van der Waals surface area contributed by atoms with E-state index in [4.69, 9.17) is 16.6 Å². The SMILES string of the molecule is O=C(Cc1ccncc1)N1CCCC(c2cncc(-c3cccc(Cl)c3)n2)C1. The van der Waals surface area contributed by atoms with Gasteiger partial charge in [-0.2, -0.15) is 0 Å². The molecule has 2 aromatic heterocycles. The lowest BCUT2D eigenvalue weighted by Gasteiger charge is -2.32. The highest BCUT2D eigenvalue weighted by Crippen LogP contribution is 2.28. The number of pyridine rings is 1. The Kier molecular flexibility index (Phi) is 5.63. The molecule has 4 rings (SSSR count). The van der Waals surface area contributed by atoms with Crippen molar-refractivity contribution in [1.29, 1.82) is 0 Å². The van der Waals surface area contributed by atoms with E-state index in [-0.39, 0.29) is 11.8 Å². The zero-order chi connectivity index (χ0) is 19.3. The number of hydrogen-bond donors (Lipinski definition) is 0. The first kappa shape index (κ1) is 18.6. The fourth-order valence-electron chi connectivity index (χ4n) is 3.60. The Labute approximate surface area is 169 Å². The summed E-state index contributed by atoms with van der Waals surface area (Å²) in [4.78, 5) is 27.9. The first-order chi connectivity index (χ1) is 13.7. The number of carbonyl (C=O) groups excluding carboxylic acids is 1. The molecule has 1 aliphatic heterocycles. The number of nitrogens with zero attached hydrogens (tertiary/aromatic N) is 4. The molecule has 1 amide bonds. The largest absolute Gasteiger partial charge is 0.342 e. The number of benzene rings is 1. The van der Waals surface area contributed by atoms with Crippen molar-refractivity contribution in [3.63, 3.8) is 0 Å². The van der Waals surface area contributed by atoms with Crippen LogP contribution in [0.4, 0.5) is 0 Å². The van der Waals surface area contributed by atoms with Crippen LogP contribution in [0.15, 0.2) is 61.2 Å². The average Bonchev–Trinajstić information content (AvgIpc) is 2.75. The second kappa shape index (κ2) is 8.48. The predicted octanol–water partition coefficient (Wildman–Crippen LogP) is 4.14. The Morgan fingerprint density at radius 2 is 2.00 bits per heavy atom. The summed E-state index contributed by atoms with van der Waals surface area (Å²) in [6.07, 6.45) is 9.39. The fraction of sp³-hybridized carbons (Fsp3) is 0.273. The molecule has 28 heavy (non-hydrogen) atoms. The lowest BCUT2D eigenvalue weighted by atomic mass is 9.94. The van der Waals surface area contributed by atoms with Crippen molar-refractivity contribution in [2.75, 3.05) is 13.1 Å². The van der Waals surface area contributed by atoms with Crippen molar-refractivity contribution < 1.29 is 4.79 Å². The molecule has 0 N–H and O–H groups in total. The Bertz CT molecular complexity index is 964. The van der Waals surface area contributed by atoms with Gasteiger partial charge in [-0.05, 0) is 42.7 Å². The molecular formula is C22H21ClN4O. The number of amides is 1. The molecule has 142 valence electrons. The number of hydrogen-bond acceptors (Lipinski definition) is 4. The summed E-state index contributed by atoms with van der Waals surface area (Å²) in [5.74, 6) is 0.344. The molecule has 1 aliphatic rings. The van der Waals surface area contributed by atoms with Crippen molar-refractivity contribution in [3.05, 3.63) is 77.5 Å². The molecule has 6 heteroatoms. The van der Waals surface area contributed by atoms with E-state index in [0.29, 0.717) is 18.0 Å². The van der Waals surface area contributed by atoms with Gasteiger partial charge in [-0.25, -0.2) is 4.98 Å². The van der Waals surface area contributed by atoms with Crippen molar-refractivity contribution in [2.24, 2.45) is 0 Å². The maximum absolute atomic E-state index is 12.7. The van der Waals surface area contributed by atoms with Gasteiger partial charge in [0.2, 0.25) is 5.91 Å². The highest BCUT2D eigenvalue weighted by atomic mass is 35.5. The van der Waals surface area contributed by atoms with Crippen LogP contribution in [-0.4, -0.2) is 38.8 Å². The maximum Gasteiger partial charge on any atom is 0.227 e. The maximum atomic E-state index is 12.7. The van der Waals surface area contributed by atoms with Crippen LogP contribution in [0.2, 0.25) is 5.02 Å². The van der Waals surface area contributed by atoms with E-state index >= 15 is 0 Å². The smallest absolute Gasteiger partial charge is 0.227 e. The van der Waals surface area contributed by atoms with Crippen molar-refractivity contribution in [3.8, 4) is 11.3 Å². The first-order valence-electron chi connectivity index (χ1n) is 9.43. The molecule has 1 unspecified atom stereocenters. The molecular weight excluding hydrogens is 372 g/mol. The van der Waals surface area contributed by atoms with Crippen LogP contribution in [0.5, 0.6) is 0 Å². The molecule has 1 aromatic carbocycles. The van der Waals surface area contributed by atoms with E-state index < -0.39 is 0 Å². The summed E-state index contributed by atoms with van der Waals surface area (Å²) in [7, 11) is 0. The molecule has 5 nitrogen and oxygen atoms in total. The molecule has 3 heterocycles. The Hall–Kier alpha value is -2.79. The highest BCUT2D eigenvalue weighted by molar-refractivity contribution is 6.30. The zero-order valence-corrected chi connectivity index (χ0v) is 16.2. The minimum atomic E-state index is 0.148. The minimum absolute atomic E-state index is 0.148. The number of carbonyl (C=O) groups is 1. The quantitative estimate of drug-likeness (QED) is 0.669. The fourth-order valence-corrected chi connectivity index (χ4v) is 3.79. The van der Waals surface area contributed by atoms with Gasteiger partial charge in [0.1, 0.15) is 0 Å². The molecule has 3 aromatic rings. The summed E-state index contributed by atoms with van der Waals surface area (Å²) in [6, 6.07) is 11.4. The molecule has 0 aliphatic carbocycles. The Balaban J connectivity index is 1.49. The van der Waals surface area contributed by atoms with Crippen molar-refractivity contribution in [1.82, 2.24) is 19.9 Å². The molecule has 0 bridgehead atoms. The van der Waals surface area contributed by atoms with Crippen LogP contribution in [0.1, 0.15) is 30.0 Å². The van der Waals surface area contributed by atoms with Crippen LogP contribution in [0, 0.1) is 0 Å². The van der Waals surface area contributed by atoms with E-state index in [2.05, 4.69) is 9.97 Å². The molecule has 0 saturated carbocycles. The number of piperidine rings is 1. The van der Waals surface area contributed by atoms with Gasteiger partial charge in [0.25, 0.3) is 0 Å². The van der Waals surface area contributed by atoms with E-state index in [0.717, 1.165) is 41.9 Å². The number of halogens is 1. The third-order valence-corrected chi connectivity index (χ3v) is 5.31. The predicted molar refractivity (Wildman–Crippen MR) is 109 cm³/mol. The van der Waals surface area contributed by atoms with Crippen LogP contribution < -0.4 is 0 Å². The summed E-state index contributed by atoms with van der Waals surface area (Å²) >= 11 is 6.11. The second-order valence-electron chi connectivity index (χ2n) is 7.05. The first-order valence-corrected chi connectivity index (χ1v) is 9.81. The number of aromatic nitrogens is 3. The Morgan fingerprint density at radius 1 is 1.14 bits per heavy atom. The Morgan fingerprint density at radius 3 is 2.82 bits per heavy atom. The normalized spacial score (nSPS) is 16.8. The average molecular weight is 393 g/mol. The minimum Gasteiger partial charge on any atom is -0.342 e. The third kappa shape index (κ3) is 4.37. The van der Waals surface area contributed by atoms with Crippen LogP contribution in [-0.2, 0) is 11.2 Å². The van der Waals surface area contributed by atoms with Gasteiger partial charge < -0.3 is 4.90 Å². The van der Waals surface area contributed by atoms with Crippen molar-refractivity contribution >= 4 is 17.5 Å². The van der Waals surface area contributed by atoms with E-state index in [1.54, 1.807) is 18.6 Å². The van der Waals surface area contributed by atoms with Crippen LogP contribution in [0.25, 0.3) is 11.3 Å². The monoisotopic (exact) mass is 392 g/mol. The lowest BCUT2D eigenvalue weighted by Crippen LogP contribution is -2.40. The van der Waals surface area contributed by atoms with Gasteiger partial charge in [-0.3, -0.25) is 14.8 Å². The molecule has 1 fully saturated rings. The van der Waals surface area contributed by atoms with Crippen LogP contribution in [0.3, 0.4) is 0 Å². The van der Waals surface area contributed by atoms with Crippen molar-refractivity contribution in [2.45, 2.75) is 25.2 Å². The van der Waals surface area contributed by atoms with Gasteiger partial charge in [0.05, 0.1) is 24.0 Å². The lowest BCUT2D eigenvalue weighted by molar-refractivity contribution is -0.131. The van der Waals surface area contributed by atoms with Gasteiger partial charge in [0.15, 0.2) is 0 Å². The summed E-state index contributed by atoms with van der Waals surface area (Å²) in [5.41, 5.74) is 3.67. The molecule has 0 radical (unpaired) electrons. The highest BCUT2D eigenvalue weighted by Gasteiger charge is 2.26. The van der Waals surface area contributed by atoms with E-state index in [9.17, 15) is 4.79 Å². The number of likely N-dealkylation sites (tertiary alicyclic amines) is 1. The molecule has 1 saturated heterocycles. The molecule has 0 spiro atoms. The summed E-state index contributed by atoms with van der Waals surface area (Å²) in [5, 5.41) is 0.676. The summed E-state index contributed by atoms with van der Waals surface area (Å²) in [6.45, 7) is 1.47. The van der Waals surface area contributed by atoms with Gasteiger partial charge in [-0.15, -0.1) is 0 Å². The summed E-state index contributed by atoms with van der Waals surface area (Å²) < 4.78 is 0. The number of rotatable bonds is 4. The topological polar surface area (TPSA) is 59.0 Å². The zero-order valence-electron chi connectivity index (χ0n) is 15.5.